The van der Waals surface area contributed by atoms with Crippen molar-refractivity contribution in [2.24, 2.45) is 0 Å². The quantitative estimate of drug-likeness (QED) is 0.198. The molecule has 1 fully saturated rings. The van der Waals surface area contributed by atoms with Crippen molar-refractivity contribution in [2.75, 3.05) is 11.5 Å². The largest absolute Gasteiger partial charge is 0.477 e. The molecule has 13 nitrogen and oxygen atoms in total. The Balaban J connectivity index is 1.31. The number of rotatable bonds is 10. The van der Waals surface area contributed by atoms with Crippen LogP contribution in [0.15, 0.2) is 28.0 Å². The van der Waals surface area contributed by atoms with E-state index in [2.05, 4.69) is 20.6 Å². The summed E-state index contributed by atoms with van der Waals surface area (Å²) < 4.78 is 2.11. The number of nitro groups is 1. The van der Waals surface area contributed by atoms with E-state index in [9.17, 15) is 29.6 Å². The summed E-state index contributed by atoms with van der Waals surface area (Å²) in [5.41, 5.74) is 0.462. The van der Waals surface area contributed by atoms with Gasteiger partial charge in [-0.25, -0.2) is 4.79 Å². The molecule has 0 saturated carbocycles. The van der Waals surface area contributed by atoms with E-state index in [-0.39, 0.29) is 23.7 Å². The lowest BCUT2D eigenvalue weighted by atomic mass is 10.0. The number of thioether (sulfide) groups is 2. The molecule has 180 valence electrons. The molecule has 0 bridgehead atoms. The van der Waals surface area contributed by atoms with Gasteiger partial charge < -0.3 is 10.4 Å². The van der Waals surface area contributed by atoms with Crippen LogP contribution in [0.2, 0.25) is 0 Å². The van der Waals surface area contributed by atoms with Crippen LogP contribution in [0, 0.1) is 17.0 Å². The number of fused-ring (bicyclic) bond motifs is 1. The molecule has 2 aliphatic rings. The summed E-state index contributed by atoms with van der Waals surface area (Å²) in [6.45, 7) is 2.15. The summed E-state index contributed by atoms with van der Waals surface area (Å²) in [7, 11) is 0. The minimum absolute atomic E-state index is 0.0340. The van der Waals surface area contributed by atoms with Gasteiger partial charge >= 0.3 is 11.7 Å². The van der Waals surface area contributed by atoms with E-state index in [1.54, 1.807) is 0 Å². The monoisotopic (exact) mass is 525 g/mol. The van der Waals surface area contributed by atoms with Gasteiger partial charge in [0.1, 0.15) is 34.5 Å². The molecule has 2 aromatic rings. The van der Waals surface area contributed by atoms with Crippen molar-refractivity contribution in [2.45, 2.75) is 42.1 Å². The highest BCUT2D eigenvalue weighted by Crippen LogP contribution is 2.41. The van der Waals surface area contributed by atoms with Crippen LogP contribution in [0.3, 0.4) is 0 Å². The summed E-state index contributed by atoms with van der Waals surface area (Å²) in [4.78, 5) is 48.4. The fourth-order valence-corrected chi connectivity index (χ4v) is 6.80. The molecule has 2 atom stereocenters. The van der Waals surface area contributed by atoms with E-state index in [0.29, 0.717) is 30.0 Å². The molecular formula is C18H19N7O6S3. The second-order valence-corrected chi connectivity index (χ2v) is 10.9. The molecular weight excluding hydrogens is 506 g/mol. The van der Waals surface area contributed by atoms with Crippen LogP contribution < -0.4 is 5.32 Å². The van der Waals surface area contributed by atoms with Crippen LogP contribution in [0.1, 0.15) is 17.8 Å². The smallest absolute Gasteiger partial charge is 0.352 e. The van der Waals surface area contributed by atoms with Crippen molar-refractivity contribution in [1.29, 1.82) is 0 Å². The fraction of sp³-hybridized carbons (Fsp3) is 0.444. The first-order chi connectivity index (χ1) is 16.2. The molecule has 2 aromatic heterocycles. The number of carboxylic acid groups (broad SMARTS) is 1. The first-order valence-electron chi connectivity index (χ1n) is 10.0. The van der Waals surface area contributed by atoms with E-state index >= 15 is 0 Å². The van der Waals surface area contributed by atoms with Gasteiger partial charge in [-0.05, 0) is 18.9 Å². The number of β-lactam (4-membered cyclic amide) rings is 1. The lowest BCUT2D eigenvalue weighted by Crippen LogP contribution is -2.70. The van der Waals surface area contributed by atoms with Crippen molar-refractivity contribution in [3.63, 3.8) is 0 Å². The third kappa shape index (κ3) is 5.07. The van der Waals surface area contributed by atoms with Crippen molar-refractivity contribution < 1.29 is 24.4 Å². The summed E-state index contributed by atoms with van der Waals surface area (Å²) in [5.74, 6) is -1.19. The fourth-order valence-electron chi connectivity index (χ4n) is 3.50. The van der Waals surface area contributed by atoms with Gasteiger partial charge in [-0.1, -0.05) is 23.1 Å². The van der Waals surface area contributed by atoms with Crippen LogP contribution >= 0.6 is 34.9 Å². The van der Waals surface area contributed by atoms with Crippen LogP contribution in [-0.2, 0) is 20.9 Å². The number of carboxylic acids is 1. The highest BCUT2D eigenvalue weighted by molar-refractivity contribution is 8.01. The number of carbonyl (C=O) groups excluding carboxylic acids is 2. The summed E-state index contributed by atoms with van der Waals surface area (Å²) in [6, 6.07) is -0.794. The summed E-state index contributed by atoms with van der Waals surface area (Å²) in [6.07, 6.45) is 2.89. The van der Waals surface area contributed by atoms with E-state index in [0.717, 1.165) is 15.5 Å². The second-order valence-electron chi connectivity index (χ2n) is 7.41. The summed E-state index contributed by atoms with van der Waals surface area (Å²) in [5, 5.41) is 35.3. The maximum Gasteiger partial charge on any atom is 0.352 e. The predicted molar refractivity (Wildman–Crippen MR) is 123 cm³/mol. The van der Waals surface area contributed by atoms with Crippen LogP contribution in [0.4, 0.5) is 5.69 Å². The topological polar surface area (TPSA) is 173 Å². The van der Waals surface area contributed by atoms with Gasteiger partial charge in [0.25, 0.3) is 5.91 Å². The van der Waals surface area contributed by atoms with Crippen molar-refractivity contribution in [1.82, 2.24) is 30.2 Å². The Bertz CT molecular complexity index is 1180. The van der Waals surface area contributed by atoms with Gasteiger partial charge in [0.15, 0.2) is 4.34 Å². The minimum Gasteiger partial charge on any atom is -0.477 e. The van der Waals surface area contributed by atoms with Crippen LogP contribution in [0.5, 0.6) is 0 Å². The number of hydrogen-bond acceptors (Lipinski definition) is 11. The minimum atomic E-state index is -1.18. The zero-order valence-electron chi connectivity index (χ0n) is 17.7. The number of nitrogens with zero attached hydrogens (tertiary/aromatic N) is 6. The molecule has 0 spiro atoms. The van der Waals surface area contributed by atoms with Gasteiger partial charge in [0.05, 0.1) is 4.92 Å². The number of aryl methyl sites for hydroxylation is 2. The molecule has 4 rings (SSSR count). The van der Waals surface area contributed by atoms with E-state index < -0.39 is 28.2 Å². The average molecular weight is 526 g/mol. The van der Waals surface area contributed by atoms with Gasteiger partial charge in [-0.3, -0.25) is 29.3 Å². The highest BCUT2D eigenvalue weighted by Gasteiger charge is 2.54. The zero-order valence-corrected chi connectivity index (χ0v) is 20.2. The van der Waals surface area contributed by atoms with Crippen molar-refractivity contribution in [3.05, 3.63) is 38.8 Å². The predicted octanol–water partition coefficient (Wildman–Crippen LogP) is 1.26. The Hall–Kier alpha value is -2.98. The molecule has 0 aliphatic carbocycles. The maximum atomic E-state index is 12.7. The number of carbonyl (C=O) groups is 3. The van der Waals surface area contributed by atoms with Gasteiger partial charge in [0.2, 0.25) is 5.91 Å². The Labute approximate surface area is 205 Å². The van der Waals surface area contributed by atoms with Crippen LogP contribution in [0.25, 0.3) is 0 Å². The van der Waals surface area contributed by atoms with Crippen molar-refractivity contribution in [3.8, 4) is 0 Å². The maximum absolute atomic E-state index is 12.7. The van der Waals surface area contributed by atoms with Crippen molar-refractivity contribution >= 4 is 58.3 Å². The molecule has 16 heteroatoms. The molecule has 0 aromatic carbocycles. The third-order valence-corrected chi connectivity index (χ3v) is 8.46. The Morgan fingerprint density at radius 1 is 1.41 bits per heavy atom. The van der Waals surface area contributed by atoms with E-state index in [4.69, 9.17) is 0 Å². The molecule has 0 radical (unpaired) electrons. The van der Waals surface area contributed by atoms with E-state index in [1.807, 2.05) is 6.92 Å². The third-order valence-electron chi connectivity index (χ3n) is 5.07. The molecule has 2 aliphatic heterocycles. The number of hydrogen-bond donors (Lipinski definition) is 2. The number of nitrogens with one attached hydrogen (secondary N) is 1. The Morgan fingerprint density at radius 3 is 2.85 bits per heavy atom. The average Bonchev–Trinajstić information content (AvgIpc) is 3.44. The molecule has 0 unspecified atom stereocenters. The number of aliphatic carboxylic acids is 1. The normalized spacial score (nSPS) is 19.6. The van der Waals surface area contributed by atoms with Gasteiger partial charge in [-0.2, -0.15) is 5.10 Å². The zero-order chi connectivity index (χ0) is 24.4. The molecule has 4 heterocycles. The van der Waals surface area contributed by atoms with Crippen LogP contribution in [-0.4, -0.2) is 75.6 Å². The second kappa shape index (κ2) is 10.1. The Kier molecular flexibility index (Phi) is 7.18. The standard InChI is InChI=1S/C18H19N7O6S3/c1-9-21-22-18(34-9)33-8-10-7-32-16-13(15(27)24(16)14(10)17(28)29)20-12(26)3-2-4-23-6-11(5-19-23)25(30)31/h5-6,13,16H,2-4,7-8H2,1H3,(H,20,26)(H,28,29)/t13-,16+/m0/s1. The molecule has 34 heavy (non-hydrogen) atoms. The number of aromatic nitrogens is 4. The lowest BCUT2D eigenvalue weighted by molar-refractivity contribution is -0.385. The first kappa shape index (κ1) is 24.2. The lowest BCUT2D eigenvalue weighted by Gasteiger charge is -2.49. The molecule has 2 N–H and O–H groups in total. The Morgan fingerprint density at radius 2 is 2.21 bits per heavy atom. The van der Waals surface area contributed by atoms with Gasteiger partial charge in [0, 0.05) is 24.5 Å². The summed E-state index contributed by atoms with van der Waals surface area (Å²) >= 11 is 4.20. The van der Waals surface area contributed by atoms with E-state index in [1.165, 1.54) is 50.6 Å². The molecule has 2 amide bonds. The van der Waals surface area contributed by atoms with Gasteiger partial charge in [-0.15, -0.1) is 22.0 Å². The number of amides is 2. The first-order valence-corrected chi connectivity index (χ1v) is 12.9. The SMILES string of the molecule is Cc1nnc(SCC2=C(C(=O)O)N3C(=O)[C@H](NC(=O)CCCn4cc([N+](=O)[O-])cn4)[C@H]3SC2)s1. The highest BCUT2D eigenvalue weighted by atomic mass is 32.2. The molecule has 1 saturated heterocycles.